The number of hydrogen-bond donors (Lipinski definition) is 1. The molecular weight excluding hydrogens is 246 g/mol. The minimum Gasteiger partial charge on any atom is -0.383 e. The summed E-state index contributed by atoms with van der Waals surface area (Å²) in [6.45, 7) is 11.0. The van der Waals surface area contributed by atoms with Crippen LogP contribution >= 0.6 is 0 Å². The second kappa shape index (κ2) is 5.31. The van der Waals surface area contributed by atoms with E-state index in [9.17, 15) is 0 Å². The first-order chi connectivity index (χ1) is 9.29. The number of rotatable bonds is 3. The van der Waals surface area contributed by atoms with Crippen LogP contribution in [0, 0.1) is 5.41 Å². The standard InChI is InChI=1S/C17H25N3/c1-12(2)15-14(11-17(3,4)5)19-20(16(15)18)13-9-7-6-8-10-13/h6-10,12H,11,18H2,1-5H3. The normalized spacial score (nSPS) is 12.1. The summed E-state index contributed by atoms with van der Waals surface area (Å²) < 4.78 is 1.87. The summed E-state index contributed by atoms with van der Waals surface area (Å²) in [4.78, 5) is 0. The number of nitrogens with two attached hydrogens (primary N) is 1. The molecule has 0 saturated carbocycles. The van der Waals surface area contributed by atoms with Gasteiger partial charge in [-0.1, -0.05) is 52.8 Å². The van der Waals surface area contributed by atoms with E-state index in [1.165, 1.54) is 5.56 Å². The minimum absolute atomic E-state index is 0.200. The number of hydrogen-bond acceptors (Lipinski definition) is 2. The zero-order valence-corrected chi connectivity index (χ0v) is 13.1. The lowest BCUT2D eigenvalue weighted by molar-refractivity contribution is 0.403. The third-order valence-electron chi connectivity index (χ3n) is 3.31. The maximum atomic E-state index is 6.36. The fourth-order valence-corrected chi connectivity index (χ4v) is 2.52. The van der Waals surface area contributed by atoms with Crippen molar-refractivity contribution in [1.82, 2.24) is 9.78 Å². The first-order valence-electron chi connectivity index (χ1n) is 7.22. The quantitative estimate of drug-likeness (QED) is 0.910. The Morgan fingerprint density at radius 1 is 1.15 bits per heavy atom. The molecule has 108 valence electrons. The van der Waals surface area contributed by atoms with E-state index in [0.29, 0.717) is 5.92 Å². The molecule has 2 N–H and O–H groups in total. The van der Waals surface area contributed by atoms with Gasteiger partial charge in [-0.2, -0.15) is 5.10 Å². The molecule has 0 bridgehead atoms. The van der Waals surface area contributed by atoms with Crippen molar-refractivity contribution < 1.29 is 0 Å². The van der Waals surface area contributed by atoms with Gasteiger partial charge in [-0.15, -0.1) is 0 Å². The average Bonchev–Trinajstić information content (AvgIpc) is 2.65. The van der Waals surface area contributed by atoms with Gasteiger partial charge in [-0.05, 0) is 29.9 Å². The molecule has 0 aliphatic rings. The third kappa shape index (κ3) is 3.03. The predicted molar refractivity (Wildman–Crippen MR) is 85.2 cm³/mol. The van der Waals surface area contributed by atoms with Crippen molar-refractivity contribution >= 4 is 5.82 Å². The number of benzene rings is 1. The van der Waals surface area contributed by atoms with Crippen molar-refractivity contribution in [2.75, 3.05) is 5.73 Å². The van der Waals surface area contributed by atoms with E-state index in [-0.39, 0.29) is 5.41 Å². The second-order valence-electron chi connectivity index (χ2n) is 6.89. The molecular formula is C17H25N3. The van der Waals surface area contributed by atoms with Crippen molar-refractivity contribution in [3.8, 4) is 5.69 Å². The molecule has 0 amide bonds. The number of para-hydroxylation sites is 1. The minimum atomic E-state index is 0.200. The van der Waals surface area contributed by atoms with E-state index in [1.807, 2.05) is 35.0 Å². The summed E-state index contributed by atoms with van der Waals surface area (Å²) in [5.74, 6) is 1.15. The summed E-state index contributed by atoms with van der Waals surface area (Å²) >= 11 is 0. The van der Waals surface area contributed by atoms with Crippen molar-refractivity contribution in [2.45, 2.75) is 47.0 Å². The van der Waals surface area contributed by atoms with E-state index < -0.39 is 0 Å². The molecule has 2 aromatic rings. The van der Waals surface area contributed by atoms with E-state index >= 15 is 0 Å². The highest BCUT2D eigenvalue weighted by Crippen LogP contribution is 2.32. The van der Waals surface area contributed by atoms with E-state index in [0.717, 1.165) is 23.6 Å². The topological polar surface area (TPSA) is 43.8 Å². The summed E-state index contributed by atoms with van der Waals surface area (Å²) in [5, 5.41) is 4.78. The lowest BCUT2D eigenvalue weighted by Crippen LogP contribution is -2.11. The molecule has 0 unspecified atom stereocenters. The van der Waals surface area contributed by atoms with Crippen LogP contribution in [-0.2, 0) is 6.42 Å². The number of aromatic nitrogens is 2. The maximum absolute atomic E-state index is 6.36. The summed E-state index contributed by atoms with van der Waals surface area (Å²) in [5.41, 5.74) is 9.88. The fourth-order valence-electron chi connectivity index (χ4n) is 2.52. The highest BCUT2D eigenvalue weighted by molar-refractivity contribution is 5.51. The summed E-state index contributed by atoms with van der Waals surface area (Å²) in [6, 6.07) is 10.1. The van der Waals surface area contributed by atoms with Gasteiger partial charge in [0.05, 0.1) is 11.4 Å². The van der Waals surface area contributed by atoms with Crippen LogP contribution < -0.4 is 5.73 Å². The van der Waals surface area contributed by atoms with Crippen LogP contribution in [0.3, 0.4) is 0 Å². The molecule has 3 heteroatoms. The first-order valence-corrected chi connectivity index (χ1v) is 7.22. The molecule has 0 aliphatic carbocycles. The number of nitrogen functional groups attached to an aromatic ring is 1. The Kier molecular flexibility index (Phi) is 3.89. The molecule has 0 fully saturated rings. The van der Waals surface area contributed by atoms with E-state index in [2.05, 4.69) is 34.6 Å². The smallest absolute Gasteiger partial charge is 0.130 e. The van der Waals surface area contributed by atoms with Crippen LogP contribution in [0.2, 0.25) is 0 Å². The molecule has 0 saturated heterocycles. The monoisotopic (exact) mass is 271 g/mol. The SMILES string of the molecule is CC(C)c1c(CC(C)(C)C)nn(-c2ccccc2)c1N. The highest BCUT2D eigenvalue weighted by atomic mass is 15.3. The van der Waals surface area contributed by atoms with Crippen LogP contribution in [0.4, 0.5) is 5.82 Å². The zero-order valence-electron chi connectivity index (χ0n) is 13.1. The van der Waals surface area contributed by atoms with Crippen LogP contribution in [-0.4, -0.2) is 9.78 Å². The van der Waals surface area contributed by atoms with Crippen molar-refractivity contribution in [2.24, 2.45) is 5.41 Å². The Balaban J connectivity index is 2.53. The van der Waals surface area contributed by atoms with Crippen LogP contribution in [0.25, 0.3) is 5.69 Å². The molecule has 0 radical (unpaired) electrons. The van der Waals surface area contributed by atoms with Gasteiger partial charge >= 0.3 is 0 Å². The fraction of sp³-hybridized carbons (Fsp3) is 0.471. The summed E-state index contributed by atoms with van der Waals surface area (Å²) in [7, 11) is 0. The molecule has 1 aromatic carbocycles. The molecule has 1 aromatic heterocycles. The Labute approximate surface area is 121 Å². The Hall–Kier alpha value is -1.77. The van der Waals surface area contributed by atoms with Gasteiger partial charge in [0, 0.05) is 5.56 Å². The average molecular weight is 271 g/mol. The van der Waals surface area contributed by atoms with Gasteiger partial charge in [-0.25, -0.2) is 4.68 Å². The van der Waals surface area contributed by atoms with Gasteiger partial charge < -0.3 is 5.73 Å². The van der Waals surface area contributed by atoms with Crippen molar-refractivity contribution in [1.29, 1.82) is 0 Å². The maximum Gasteiger partial charge on any atom is 0.130 e. The van der Waals surface area contributed by atoms with Crippen molar-refractivity contribution in [3.63, 3.8) is 0 Å². The molecule has 0 spiro atoms. The molecule has 0 atom stereocenters. The van der Waals surface area contributed by atoms with Gasteiger partial charge in [0.25, 0.3) is 0 Å². The van der Waals surface area contributed by atoms with Gasteiger partial charge in [0.2, 0.25) is 0 Å². The first kappa shape index (κ1) is 14.6. The largest absolute Gasteiger partial charge is 0.383 e. The van der Waals surface area contributed by atoms with Crippen molar-refractivity contribution in [3.05, 3.63) is 41.6 Å². The Bertz CT molecular complexity index is 574. The van der Waals surface area contributed by atoms with Gasteiger partial charge in [0.15, 0.2) is 0 Å². The lowest BCUT2D eigenvalue weighted by Gasteiger charge is -2.18. The van der Waals surface area contributed by atoms with Crippen LogP contribution in [0.1, 0.15) is 51.8 Å². The molecule has 3 nitrogen and oxygen atoms in total. The molecule has 2 rings (SSSR count). The lowest BCUT2D eigenvalue weighted by atomic mass is 9.87. The van der Waals surface area contributed by atoms with Crippen LogP contribution in [0.5, 0.6) is 0 Å². The Morgan fingerprint density at radius 2 is 1.75 bits per heavy atom. The highest BCUT2D eigenvalue weighted by Gasteiger charge is 2.23. The third-order valence-corrected chi connectivity index (χ3v) is 3.31. The zero-order chi connectivity index (χ0) is 14.9. The second-order valence-corrected chi connectivity index (χ2v) is 6.89. The van der Waals surface area contributed by atoms with E-state index in [4.69, 9.17) is 10.8 Å². The predicted octanol–water partition coefficient (Wildman–Crippen LogP) is 4.17. The van der Waals surface area contributed by atoms with Gasteiger partial charge in [0.1, 0.15) is 5.82 Å². The van der Waals surface area contributed by atoms with Gasteiger partial charge in [-0.3, -0.25) is 0 Å². The summed E-state index contributed by atoms with van der Waals surface area (Å²) in [6.07, 6.45) is 0.935. The van der Waals surface area contributed by atoms with E-state index in [1.54, 1.807) is 0 Å². The molecule has 0 aliphatic heterocycles. The molecule has 1 heterocycles. The number of nitrogens with zero attached hydrogens (tertiary/aromatic N) is 2. The Morgan fingerprint density at radius 3 is 2.25 bits per heavy atom. The molecule has 20 heavy (non-hydrogen) atoms. The number of anilines is 1. The van der Waals surface area contributed by atoms with Crippen LogP contribution in [0.15, 0.2) is 30.3 Å².